The number of nitrogens with zero attached hydrogens (tertiary/aromatic N) is 1. The van der Waals surface area contributed by atoms with Gasteiger partial charge >= 0.3 is 0 Å². The monoisotopic (exact) mass is 313 g/mol. The molecule has 2 rings (SSSR count). The molecule has 1 aliphatic heterocycles. The van der Waals surface area contributed by atoms with Crippen molar-refractivity contribution in [2.75, 3.05) is 19.8 Å². The smallest absolute Gasteiger partial charge is 0.243 e. The molecule has 0 saturated carbocycles. The molecule has 0 radical (unpaired) electrons. The van der Waals surface area contributed by atoms with E-state index in [2.05, 4.69) is 0 Å². The summed E-state index contributed by atoms with van der Waals surface area (Å²) in [6, 6.07) is 6.59. The summed E-state index contributed by atoms with van der Waals surface area (Å²) < 4.78 is 32.3. The molecular weight excluding hydrogens is 290 g/mol. The normalized spacial score (nSPS) is 19.8. The molecule has 0 aromatic heterocycles. The summed E-state index contributed by atoms with van der Waals surface area (Å²) in [6.07, 6.45) is 3.11. The van der Waals surface area contributed by atoms with Crippen LogP contribution in [0.2, 0.25) is 0 Å². The Kier molecular flexibility index (Phi) is 5.61. The lowest BCUT2D eigenvalue weighted by Gasteiger charge is -2.24. The highest BCUT2D eigenvalue weighted by Gasteiger charge is 2.34. The average Bonchev–Trinajstić information content (AvgIpc) is 2.95. The van der Waals surface area contributed by atoms with E-state index in [-0.39, 0.29) is 12.6 Å². The van der Waals surface area contributed by atoms with Crippen molar-refractivity contribution >= 4 is 10.0 Å². The zero-order valence-corrected chi connectivity index (χ0v) is 13.2. The van der Waals surface area contributed by atoms with E-state index in [1.54, 1.807) is 28.6 Å². The average molecular weight is 313 g/mol. The van der Waals surface area contributed by atoms with Crippen LogP contribution in [-0.4, -0.2) is 43.6 Å². The molecule has 0 spiro atoms. The van der Waals surface area contributed by atoms with Crippen LogP contribution in [0.5, 0.6) is 5.75 Å². The van der Waals surface area contributed by atoms with Crippen molar-refractivity contribution in [1.29, 1.82) is 0 Å². The summed E-state index contributed by atoms with van der Waals surface area (Å²) in [6.45, 7) is 3.11. The molecular formula is C15H23NO4S. The Labute approximate surface area is 126 Å². The lowest BCUT2D eigenvalue weighted by atomic mass is 10.1. The molecule has 1 unspecified atom stereocenters. The van der Waals surface area contributed by atoms with Gasteiger partial charge in [-0.25, -0.2) is 8.42 Å². The minimum atomic E-state index is -3.45. The first-order valence-corrected chi connectivity index (χ1v) is 8.89. The molecule has 0 bridgehead atoms. The maximum absolute atomic E-state index is 12.7. The van der Waals surface area contributed by atoms with Gasteiger partial charge in [0.2, 0.25) is 10.0 Å². The van der Waals surface area contributed by atoms with Crippen molar-refractivity contribution in [3.63, 3.8) is 0 Å². The highest BCUT2D eigenvalue weighted by atomic mass is 32.2. The van der Waals surface area contributed by atoms with Crippen molar-refractivity contribution in [3.05, 3.63) is 24.3 Å². The van der Waals surface area contributed by atoms with Gasteiger partial charge in [-0.3, -0.25) is 0 Å². The van der Waals surface area contributed by atoms with Gasteiger partial charge in [-0.15, -0.1) is 0 Å². The van der Waals surface area contributed by atoms with Gasteiger partial charge < -0.3 is 9.84 Å². The van der Waals surface area contributed by atoms with Crippen LogP contribution in [0.15, 0.2) is 29.2 Å². The third kappa shape index (κ3) is 3.75. The van der Waals surface area contributed by atoms with Gasteiger partial charge in [-0.2, -0.15) is 4.31 Å². The summed E-state index contributed by atoms with van der Waals surface area (Å²) in [5.41, 5.74) is 0. The number of hydrogen-bond donors (Lipinski definition) is 1. The van der Waals surface area contributed by atoms with E-state index in [4.69, 9.17) is 9.84 Å². The lowest BCUT2D eigenvalue weighted by Crippen LogP contribution is -2.35. The molecule has 5 nitrogen and oxygen atoms in total. The molecule has 0 amide bonds. The Hall–Kier alpha value is -1.11. The second kappa shape index (κ2) is 7.24. The maximum Gasteiger partial charge on any atom is 0.243 e. The minimum absolute atomic E-state index is 0.00807. The number of ether oxygens (including phenoxy) is 1. The first-order valence-electron chi connectivity index (χ1n) is 7.45. The van der Waals surface area contributed by atoms with Gasteiger partial charge in [0.05, 0.1) is 11.5 Å². The first kappa shape index (κ1) is 16.3. The Morgan fingerprint density at radius 1 is 1.33 bits per heavy atom. The fraction of sp³-hybridized carbons (Fsp3) is 0.600. The molecule has 1 N–H and O–H groups in total. The molecule has 1 heterocycles. The van der Waals surface area contributed by atoms with Crippen molar-refractivity contribution < 1.29 is 18.3 Å². The summed E-state index contributed by atoms with van der Waals surface area (Å²) >= 11 is 0. The highest BCUT2D eigenvalue weighted by Crippen LogP contribution is 2.29. The highest BCUT2D eigenvalue weighted by molar-refractivity contribution is 7.89. The van der Waals surface area contributed by atoms with Crippen molar-refractivity contribution in [2.24, 2.45) is 0 Å². The molecule has 0 aliphatic carbocycles. The van der Waals surface area contributed by atoms with Gasteiger partial charge in [0.25, 0.3) is 0 Å². The standard InChI is InChI=1S/C15H23NO4S/c1-2-20-14-7-9-15(10-8-14)21(18,19)16-11-3-5-13(16)6-4-12-17/h7-10,13,17H,2-6,11-12H2,1H3. The van der Waals surface area contributed by atoms with E-state index in [1.807, 2.05) is 6.92 Å². The summed E-state index contributed by atoms with van der Waals surface area (Å²) in [5, 5.41) is 8.93. The Morgan fingerprint density at radius 2 is 2.05 bits per heavy atom. The van der Waals surface area contributed by atoms with Crippen molar-refractivity contribution in [2.45, 2.75) is 43.5 Å². The molecule has 1 atom stereocenters. The molecule has 6 heteroatoms. The molecule has 1 aromatic carbocycles. The summed E-state index contributed by atoms with van der Waals surface area (Å²) in [4.78, 5) is 0.307. The maximum atomic E-state index is 12.7. The van der Waals surface area contributed by atoms with Crippen molar-refractivity contribution in [1.82, 2.24) is 4.31 Å². The SMILES string of the molecule is CCOc1ccc(S(=O)(=O)N2CCCC2CCCO)cc1. The largest absolute Gasteiger partial charge is 0.494 e. The number of benzene rings is 1. The van der Waals surface area contributed by atoms with E-state index in [9.17, 15) is 8.42 Å². The molecule has 21 heavy (non-hydrogen) atoms. The Morgan fingerprint density at radius 3 is 2.67 bits per heavy atom. The predicted molar refractivity (Wildman–Crippen MR) is 80.8 cm³/mol. The van der Waals surface area contributed by atoms with Crippen LogP contribution in [0.1, 0.15) is 32.6 Å². The van der Waals surface area contributed by atoms with Gasteiger partial charge in [0.15, 0.2) is 0 Å². The fourth-order valence-corrected chi connectivity index (χ4v) is 4.47. The van der Waals surface area contributed by atoms with Gasteiger partial charge in [0.1, 0.15) is 5.75 Å². The second-order valence-electron chi connectivity index (χ2n) is 5.18. The summed E-state index contributed by atoms with van der Waals surface area (Å²) in [7, 11) is -3.45. The molecule has 1 saturated heterocycles. The Bertz CT molecular complexity index is 541. The number of hydrogen-bond acceptors (Lipinski definition) is 4. The molecule has 118 valence electrons. The van der Waals surface area contributed by atoms with Gasteiger partial charge in [0, 0.05) is 19.2 Å². The first-order chi connectivity index (χ1) is 10.1. The zero-order chi connectivity index (χ0) is 15.3. The molecule has 1 aromatic rings. The van der Waals surface area contributed by atoms with Crippen LogP contribution < -0.4 is 4.74 Å². The third-order valence-electron chi connectivity index (χ3n) is 3.76. The Balaban J connectivity index is 2.16. The number of rotatable bonds is 7. The number of aliphatic hydroxyl groups is 1. The van der Waals surface area contributed by atoms with E-state index in [1.165, 1.54) is 0 Å². The number of sulfonamides is 1. The molecule has 1 fully saturated rings. The predicted octanol–water partition coefficient (Wildman–Crippen LogP) is 2.01. The van der Waals surface area contributed by atoms with Crippen LogP contribution >= 0.6 is 0 Å². The lowest BCUT2D eigenvalue weighted by molar-refractivity contribution is 0.264. The van der Waals surface area contributed by atoms with Crippen molar-refractivity contribution in [3.8, 4) is 5.75 Å². The molecule has 1 aliphatic rings. The van der Waals surface area contributed by atoms with E-state index in [0.717, 1.165) is 12.8 Å². The fourth-order valence-electron chi connectivity index (χ4n) is 2.75. The van der Waals surface area contributed by atoms with Crippen LogP contribution in [0, 0.1) is 0 Å². The summed E-state index contributed by atoms with van der Waals surface area (Å²) in [5.74, 6) is 0.676. The minimum Gasteiger partial charge on any atom is -0.494 e. The van der Waals surface area contributed by atoms with Crippen LogP contribution in [0.4, 0.5) is 0 Å². The van der Waals surface area contributed by atoms with E-state index < -0.39 is 10.0 Å². The van der Waals surface area contributed by atoms with Crippen LogP contribution in [-0.2, 0) is 10.0 Å². The zero-order valence-electron chi connectivity index (χ0n) is 12.4. The topological polar surface area (TPSA) is 66.8 Å². The van der Waals surface area contributed by atoms with Crippen LogP contribution in [0.3, 0.4) is 0 Å². The quantitative estimate of drug-likeness (QED) is 0.836. The van der Waals surface area contributed by atoms with Gasteiger partial charge in [-0.05, 0) is 56.9 Å². The third-order valence-corrected chi connectivity index (χ3v) is 5.73. The number of aliphatic hydroxyl groups excluding tert-OH is 1. The van der Waals surface area contributed by atoms with Gasteiger partial charge in [-0.1, -0.05) is 0 Å². The van der Waals surface area contributed by atoms with E-state index >= 15 is 0 Å². The second-order valence-corrected chi connectivity index (χ2v) is 7.07. The van der Waals surface area contributed by atoms with Crippen LogP contribution in [0.25, 0.3) is 0 Å². The van der Waals surface area contributed by atoms with E-state index in [0.29, 0.717) is 36.6 Å².